The Bertz CT molecular complexity index is 1830. The second-order valence-corrected chi connectivity index (χ2v) is 12.8. The number of nitrogens with zero attached hydrogens (tertiary/aromatic N) is 3. The lowest BCUT2D eigenvalue weighted by Crippen LogP contribution is -2.13. The Morgan fingerprint density at radius 2 is 1.69 bits per heavy atom. The van der Waals surface area contributed by atoms with Gasteiger partial charge in [-0.25, -0.2) is 13.1 Å². The van der Waals surface area contributed by atoms with Crippen LogP contribution in [0.2, 0.25) is 0 Å². The number of phenols is 1. The lowest BCUT2D eigenvalue weighted by Gasteiger charge is -2.12. The first-order valence-electron chi connectivity index (χ1n) is 10.9. The molecule has 0 unspecified atom stereocenters. The second kappa shape index (κ2) is 10.9. The van der Waals surface area contributed by atoms with Crippen LogP contribution >= 0.6 is 10.8 Å². The van der Waals surface area contributed by atoms with Gasteiger partial charge in [0.25, 0.3) is 15.6 Å². The van der Waals surface area contributed by atoms with E-state index in [0.29, 0.717) is 17.1 Å². The molecule has 0 radical (unpaired) electrons. The minimum absolute atomic E-state index is 0.0691. The monoisotopic (exact) mass is 591 g/mol. The first-order valence-corrected chi connectivity index (χ1v) is 15.1. The SMILES string of the molecule is COc1ccccc1NS(=O)(=O)c1ccc(N=Nc2c(C)[nH]n(-c3ccc(SS(=O)(=O)O)cc3)c2=O)c(O)c1. The predicted molar refractivity (Wildman–Crippen MR) is 145 cm³/mol. The molecule has 1 aromatic heterocycles. The number of rotatable bonds is 9. The summed E-state index contributed by atoms with van der Waals surface area (Å²) in [6.07, 6.45) is 0. The number of sulfonamides is 1. The molecule has 204 valence electrons. The Hall–Kier alpha value is -4.12. The van der Waals surface area contributed by atoms with Crippen LogP contribution in [0.5, 0.6) is 11.5 Å². The van der Waals surface area contributed by atoms with Crippen LogP contribution in [0.4, 0.5) is 17.1 Å². The smallest absolute Gasteiger partial charge is 0.324 e. The molecule has 4 rings (SSSR count). The summed E-state index contributed by atoms with van der Waals surface area (Å²) in [7, 11) is -6.70. The van der Waals surface area contributed by atoms with Crippen LogP contribution in [0, 0.1) is 6.92 Å². The van der Waals surface area contributed by atoms with Gasteiger partial charge in [-0.1, -0.05) is 12.1 Å². The van der Waals surface area contributed by atoms with E-state index in [0.717, 1.165) is 10.7 Å². The number of hydrogen-bond acceptors (Lipinski definition) is 10. The number of benzene rings is 3. The molecule has 0 saturated heterocycles. The number of hydrogen-bond donors (Lipinski definition) is 4. The van der Waals surface area contributed by atoms with Crippen LogP contribution in [-0.2, 0) is 19.2 Å². The van der Waals surface area contributed by atoms with Crippen LogP contribution in [-0.4, -0.2) is 43.4 Å². The first kappa shape index (κ1) is 27.9. The number of azo groups is 1. The molecule has 0 spiro atoms. The van der Waals surface area contributed by atoms with Crippen molar-refractivity contribution in [3.63, 3.8) is 0 Å². The summed E-state index contributed by atoms with van der Waals surface area (Å²) in [6, 6.07) is 15.7. The van der Waals surface area contributed by atoms with Gasteiger partial charge in [-0.2, -0.15) is 8.42 Å². The van der Waals surface area contributed by atoms with Gasteiger partial charge in [-0.15, -0.1) is 10.2 Å². The fraction of sp³-hybridized carbons (Fsp3) is 0.0870. The normalized spacial score (nSPS) is 12.1. The fourth-order valence-electron chi connectivity index (χ4n) is 3.40. The summed E-state index contributed by atoms with van der Waals surface area (Å²) >= 11 is 0. The number of ether oxygens (including phenoxy) is 1. The molecule has 0 aliphatic rings. The Morgan fingerprint density at radius 3 is 2.33 bits per heavy atom. The van der Waals surface area contributed by atoms with Crippen molar-refractivity contribution in [2.24, 2.45) is 10.2 Å². The highest BCUT2D eigenvalue weighted by Crippen LogP contribution is 2.32. The van der Waals surface area contributed by atoms with Crippen LogP contribution in [0.1, 0.15) is 5.69 Å². The summed E-state index contributed by atoms with van der Waals surface area (Å²) in [6.45, 7) is 1.58. The van der Waals surface area contributed by atoms with Crippen molar-refractivity contribution in [1.82, 2.24) is 9.78 Å². The van der Waals surface area contributed by atoms with Crippen LogP contribution in [0.15, 0.2) is 91.5 Å². The number of phenolic OH excluding ortho intramolecular Hbond substituents is 1. The number of anilines is 1. The molecule has 4 aromatic rings. The standard InChI is InChI=1S/C23H21N5O8S3/c1-14-22(23(30)28(26-14)15-7-9-16(10-8-15)37-39(33,34)35)25-24-18-12-11-17(13-20(18)29)38(31,32)27-19-5-3-4-6-21(19)36-2/h3-13,26-27,29H,1-2H3,(H,33,34,35). The van der Waals surface area contributed by atoms with Gasteiger partial charge >= 0.3 is 9.15 Å². The third-order valence-electron chi connectivity index (χ3n) is 5.20. The highest BCUT2D eigenvalue weighted by Gasteiger charge is 2.19. The number of aromatic amines is 1. The minimum Gasteiger partial charge on any atom is -0.506 e. The zero-order valence-corrected chi connectivity index (χ0v) is 22.7. The number of methoxy groups -OCH3 is 1. The molecule has 0 amide bonds. The molecule has 0 bridgehead atoms. The molecular formula is C23H21N5O8S3. The van der Waals surface area contributed by atoms with Crippen LogP contribution in [0.3, 0.4) is 0 Å². The highest BCUT2D eigenvalue weighted by atomic mass is 33.1. The van der Waals surface area contributed by atoms with Gasteiger partial charge in [0.15, 0.2) is 5.69 Å². The summed E-state index contributed by atoms with van der Waals surface area (Å²) in [5, 5.41) is 21.1. The van der Waals surface area contributed by atoms with E-state index in [1.165, 1.54) is 49.6 Å². The number of para-hydroxylation sites is 2. The molecule has 0 atom stereocenters. The molecule has 0 aliphatic heterocycles. The number of H-pyrrole nitrogens is 1. The molecular weight excluding hydrogens is 570 g/mol. The van der Waals surface area contributed by atoms with Gasteiger partial charge in [-0.3, -0.25) is 19.2 Å². The van der Waals surface area contributed by atoms with Gasteiger partial charge in [0, 0.05) is 21.8 Å². The van der Waals surface area contributed by atoms with Crippen LogP contribution < -0.4 is 15.0 Å². The maximum atomic E-state index is 12.9. The average Bonchev–Trinajstić information content (AvgIpc) is 3.15. The first-order chi connectivity index (χ1) is 18.4. The van der Waals surface area contributed by atoms with E-state index in [2.05, 4.69) is 20.0 Å². The van der Waals surface area contributed by atoms with E-state index in [1.807, 2.05) is 0 Å². The largest absolute Gasteiger partial charge is 0.506 e. The zero-order chi connectivity index (χ0) is 28.4. The van der Waals surface area contributed by atoms with Crippen molar-refractivity contribution < 1.29 is 31.2 Å². The lowest BCUT2D eigenvalue weighted by molar-refractivity contribution is 0.417. The van der Waals surface area contributed by atoms with Crippen molar-refractivity contribution in [3.05, 3.63) is 82.8 Å². The zero-order valence-electron chi connectivity index (χ0n) is 20.3. The Kier molecular flexibility index (Phi) is 7.82. The molecule has 0 fully saturated rings. The Labute approximate surface area is 226 Å². The van der Waals surface area contributed by atoms with E-state index in [1.54, 1.807) is 25.1 Å². The van der Waals surface area contributed by atoms with Crippen molar-refractivity contribution in [1.29, 1.82) is 0 Å². The Morgan fingerprint density at radius 1 is 1.00 bits per heavy atom. The summed E-state index contributed by atoms with van der Waals surface area (Å²) in [5.74, 6) is -0.168. The van der Waals surface area contributed by atoms with E-state index >= 15 is 0 Å². The molecule has 13 nitrogen and oxygen atoms in total. The predicted octanol–water partition coefficient (Wildman–Crippen LogP) is 4.30. The van der Waals surface area contributed by atoms with Crippen molar-refractivity contribution in [2.75, 3.05) is 11.8 Å². The molecule has 0 aliphatic carbocycles. The minimum atomic E-state index is -4.28. The molecule has 16 heteroatoms. The maximum Gasteiger partial charge on any atom is 0.324 e. The molecule has 4 N–H and O–H groups in total. The van der Waals surface area contributed by atoms with Crippen molar-refractivity contribution in [2.45, 2.75) is 16.7 Å². The van der Waals surface area contributed by atoms with Crippen molar-refractivity contribution >= 4 is 47.0 Å². The van der Waals surface area contributed by atoms with Gasteiger partial charge in [0.05, 0.1) is 29.1 Å². The quantitative estimate of drug-likeness (QED) is 0.125. The van der Waals surface area contributed by atoms with E-state index < -0.39 is 30.5 Å². The second-order valence-electron chi connectivity index (χ2n) is 7.89. The molecule has 1 heterocycles. The molecule has 0 saturated carbocycles. The number of aromatic hydroxyl groups is 1. The molecule has 3 aromatic carbocycles. The average molecular weight is 592 g/mol. The third-order valence-corrected chi connectivity index (χ3v) is 8.45. The molecule has 39 heavy (non-hydrogen) atoms. The van der Waals surface area contributed by atoms with E-state index in [4.69, 9.17) is 9.29 Å². The van der Waals surface area contributed by atoms with Gasteiger partial charge < -0.3 is 9.84 Å². The Balaban J connectivity index is 1.56. The van der Waals surface area contributed by atoms with Crippen molar-refractivity contribution in [3.8, 4) is 17.2 Å². The topological polar surface area (TPSA) is 193 Å². The summed E-state index contributed by atoms with van der Waals surface area (Å²) in [5.41, 5.74) is 0.203. The number of nitrogens with one attached hydrogen (secondary N) is 2. The number of aryl methyl sites for hydroxylation is 1. The highest BCUT2D eigenvalue weighted by molar-refractivity contribution is 8.69. The number of aromatic nitrogens is 2. The maximum absolute atomic E-state index is 12.9. The summed E-state index contributed by atoms with van der Waals surface area (Å²) < 4.78 is 65.3. The van der Waals surface area contributed by atoms with Gasteiger partial charge in [-0.05, 0) is 55.5 Å². The van der Waals surface area contributed by atoms with Gasteiger partial charge in [0.2, 0.25) is 0 Å². The van der Waals surface area contributed by atoms with Gasteiger partial charge in [0.1, 0.15) is 17.2 Å². The van der Waals surface area contributed by atoms with E-state index in [9.17, 15) is 26.7 Å². The van der Waals surface area contributed by atoms with Crippen LogP contribution in [0.25, 0.3) is 5.69 Å². The third kappa shape index (κ3) is 6.48. The lowest BCUT2D eigenvalue weighted by atomic mass is 10.3. The van der Waals surface area contributed by atoms with E-state index in [-0.39, 0.29) is 37.6 Å². The fourth-order valence-corrected chi connectivity index (χ4v) is 6.04. The summed E-state index contributed by atoms with van der Waals surface area (Å²) in [4.78, 5) is 12.9.